The average Bonchev–Trinajstić information content (AvgIpc) is 2.95. The first kappa shape index (κ1) is 38.0. The number of carbonyl (C=O) groups excluding carboxylic acids is 2. The Balaban J connectivity index is 3.99. The van der Waals surface area contributed by atoms with Crippen LogP contribution in [0.25, 0.3) is 0 Å². The molecule has 0 aliphatic rings. The van der Waals surface area contributed by atoms with Gasteiger partial charge in [-0.1, -0.05) is 109 Å². The zero-order chi connectivity index (χ0) is 29.5. The van der Waals surface area contributed by atoms with Gasteiger partial charge >= 0.3 is 12.1 Å². The molecule has 0 bridgehead atoms. The SMILES string of the molecule is CCCCCCC#CCOC(=O)OC(C/C=C\CCCCCCCCOC(=O)CCN(C)CC)CCCCCC. The van der Waals surface area contributed by atoms with E-state index in [4.69, 9.17) is 14.2 Å². The van der Waals surface area contributed by atoms with Gasteiger partial charge in [0.25, 0.3) is 0 Å². The maximum absolute atomic E-state index is 12.2. The van der Waals surface area contributed by atoms with Crippen LogP contribution in [-0.2, 0) is 19.0 Å². The van der Waals surface area contributed by atoms with Gasteiger partial charge in [-0.2, -0.15) is 0 Å². The summed E-state index contributed by atoms with van der Waals surface area (Å²) >= 11 is 0. The average molecular weight is 564 g/mol. The number of rotatable bonds is 26. The second kappa shape index (κ2) is 30.0. The first-order valence-electron chi connectivity index (χ1n) is 16.3. The van der Waals surface area contributed by atoms with E-state index in [1.807, 2.05) is 7.05 Å². The molecule has 0 aromatic rings. The number of ether oxygens (including phenoxy) is 3. The van der Waals surface area contributed by atoms with Crippen LogP contribution in [-0.4, -0.2) is 56.5 Å². The summed E-state index contributed by atoms with van der Waals surface area (Å²) in [5, 5.41) is 0. The lowest BCUT2D eigenvalue weighted by molar-refractivity contribution is -0.144. The van der Waals surface area contributed by atoms with E-state index in [1.54, 1.807) is 0 Å². The van der Waals surface area contributed by atoms with Crippen LogP contribution in [0.2, 0.25) is 0 Å². The second-order valence-corrected chi connectivity index (χ2v) is 10.8. The van der Waals surface area contributed by atoms with Crippen LogP contribution < -0.4 is 0 Å². The van der Waals surface area contributed by atoms with Crippen molar-refractivity contribution in [2.75, 3.05) is 33.4 Å². The molecule has 6 nitrogen and oxygen atoms in total. The number of carbonyl (C=O) groups is 2. The Morgan fingerprint density at radius 3 is 2.17 bits per heavy atom. The lowest BCUT2D eigenvalue weighted by Crippen LogP contribution is -2.22. The molecule has 0 radical (unpaired) electrons. The van der Waals surface area contributed by atoms with Crippen molar-refractivity contribution in [1.82, 2.24) is 4.90 Å². The summed E-state index contributed by atoms with van der Waals surface area (Å²) < 4.78 is 16.1. The summed E-state index contributed by atoms with van der Waals surface area (Å²) in [5.74, 6) is 5.91. The van der Waals surface area contributed by atoms with Gasteiger partial charge in [0, 0.05) is 19.4 Å². The molecule has 0 saturated heterocycles. The molecule has 1 atom stereocenters. The molecule has 232 valence electrons. The van der Waals surface area contributed by atoms with Crippen LogP contribution in [0.1, 0.15) is 143 Å². The van der Waals surface area contributed by atoms with Crippen LogP contribution >= 0.6 is 0 Å². The Morgan fingerprint density at radius 2 is 1.45 bits per heavy atom. The minimum atomic E-state index is -0.604. The van der Waals surface area contributed by atoms with E-state index in [0.717, 1.165) is 77.3 Å². The third kappa shape index (κ3) is 27.6. The molecular formula is C34H61NO5. The number of unbranched alkanes of at least 4 members (excludes halogenated alkanes) is 13. The van der Waals surface area contributed by atoms with Gasteiger partial charge in [-0.3, -0.25) is 4.79 Å². The molecule has 0 saturated carbocycles. The maximum atomic E-state index is 12.2. The lowest BCUT2D eigenvalue weighted by atomic mass is 10.1. The van der Waals surface area contributed by atoms with Crippen molar-refractivity contribution in [1.29, 1.82) is 0 Å². The van der Waals surface area contributed by atoms with Crippen molar-refractivity contribution in [2.45, 2.75) is 149 Å². The second-order valence-electron chi connectivity index (χ2n) is 10.8. The van der Waals surface area contributed by atoms with E-state index in [1.165, 1.54) is 51.4 Å². The number of allylic oxidation sites excluding steroid dienone is 1. The van der Waals surface area contributed by atoms with Crippen LogP contribution in [0.3, 0.4) is 0 Å². The fraction of sp³-hybridized carbons (Fsp3) is 0.824. The van der Waals surface area contributed by atoms with Crippen molar-refractivity contribution >= 4 is 12.1 Å². The zero-order valence-corrected chi connectivity index (χ0v) is 26.5. The van der Waals surface area contributed by atoms with E-state index in [0.29, 0.717) is 13.0 Å². The highest BCUT2D eigenvalue weighted by Gasteiger charge is 2.14. The van der Waals surface area contributed by atoms with E-state index in [-0.39, 0.29) is 18.7 Å². The Hall–Kier alpha value is -2.00. The predicted octanol–water partition coefficient (Wildman–Crippen LogP) is 9.01. The topological polar surface area (TPSA) is 65.1 Å². The first-order valence-corrected chi connectivity index (χ1v) is 16.3. The van der Waals surface area contributed by atoms with E-state index in [9.17, 15) is 9.59 Å². The molecule has 40 heavy (non-hydrogen) atoms. The summed E-state index contributed by atoms with van der Waals surface area (Å²) in [4.78, 5) is 26.0. The van der Waals surface area contributed by atoms with Crippen molar-refractivity contribution in [2.24, 2.45) is 0 Å². The summed E-state index contributed by atoms with van der Waals surface area (Å²) in [5.41, 5.74) is 0. The number of hydrogen-bond acceptors (Lipinski definition) is 6. The van der Waals surface area contributed by atoms with Gasteiger partial charge in [0.2, 0.25) is 0 Å². The summed E-state index contributed by atoms with van der Waals surface area (Å²) in [6.07, 6.45) is 23.8. The van der Waals surface area contributed by atoms with Crippen LogP contribution in [0.15, 0.2) is 12.2 Å². The Labute approximate surface area is 247 Å². The molecule has 0 N–H and O–H groups in total. The fourth-order valence-electron chi connectivity index (χ4n) is 4.20. The van der Waals surface area contributed by atoms with Crippen molar-refractivity contribution in [3.63, 3.8) is 0 Å². The monoisotopic (exact) mass is 563 g/mol. The number of esters is 1. The highest BCUT2D eigenvalue weighted by atomic mass is 16.7. The highest BCUT2D eigenvalue weighted by Crippen LogP contribution is 2.14. The minimum Gasteiger partial charge on any atom is -0.466 e. The standard InChI is InChI=1S/C34H61NO5/c1-5-8-10-12-17-21-25-31-39-34(37)40-32(26-22-11-9-6-2)27-23-19-16-14-13-15-18-20-24-30-38-33(36)28-29-35(4)7-3/h19,23,32H,5-18,20,22,24,26-31H2,1-4H3/b23-19-. The van der Waals surface area contributed by atoms with Gasteiger partial charge in [-0.25, -0.2) is 4.79 Å². The normalized spacial score (nSPS) is 11.8. The summed E-state index contributed by atoms with van der Waals surface area (Å²) in [6.45, 7) is 8.83. The summed E-state index contributed by atoms with van der Waals surface area (Å²) in [6, 6.07) is 0. The Bertz CT molecular complexity index is 682. The molecular weight excluding hydrogens is 502 g/mol. The van der Waals surface area contributed by atoms with Crippen LogP contribution in [0.4, 0.5) is 4.79 Å². The number of hydrogen-bond donors (Lipinski definition) is 0. The zero-order valence-electron chi connectivity index (χ0n) is 26.5. The van der Waals surface area contributed by atoms with Crippen molar-refractivity contribution in [3.8, 4) is 11.8 Å². The molecule has 0 aromatic carbocycles. The van der Waals surface area contributed by atoms with E-state index in [2.05, 4.69) is 49.7 Å². The molecule has 0 aliphatic carbocycles. The van der Waals surface area contributed by atoms with Gasteiger partial charge in [-0.05, 0) is 52.1 Å². The smallest absolute Gasteiger partial charge is 0.466 e. The highest BCUT2D eigenvalue weighted by molar-refractivity contribution is 5.69. The van der Waals surface area contributed by atoms with Crippen LogP contribution in [0.5, 0.6) is 0 Å². The Morgan fingerprint density at radius 1 is 0.775 bits per heavy atom. The third-order valence-corrected chi connectivity index (χ3v) is 7.02. The van der Waals surface area contributed by atoms with Crippen molar-refractivity contribution < 1.29 is 23.8 Å². The Kier molecular flexibility index (Phi) is 28.5. The molecule has 0 fully saturated rings. The molecule has 0 amide bonds. The molecule has 0 aliphatic heterocycles. The van der Waals surface area contributed by atoms with Crippen molar-refractivity contribution in [3.05, 3.63) is 12.2 Å². The van der Waals surface area contributed by atoms with Gasteiger partial charge in [-0.15, -0.1) is 0 Å². The maximum Gasteiger partial charge on any atom is 0.509 e. The first-order chi connectivity index (χ1) is 19.5. The minimum absolute atomic E-state index is 0.0876. The molecule has 6 heteroatoms. The third-order valence-electron chi connectivity index (χ3n) is 7.02. The van der Waals surface area contributed by atoms with Gasteiger partial charge in [0.05, 0.1) is 13.0 Å². The quantitative estimate of drug-likeness (QED) is 0.0453. The molecule has 0 aromatic heterocycles. The fourth-order valence-corrected chi connectivity index (χ4v) is 4.20. The number of nitrogens with zero attached hydrogens (tertiary/aromatic N) is 1. The lowest BCUT2D eigenvalue weighted by Gasteiger charge is -2.15. The molecule has 0 rings (SSSR count). The van der Waals surface area contributed by atoms with Gasteiger partial charge in [0.15, 0.2) is 6.61 Å². The largest absolute Gasteiger partial charge is 0.509 e. The van der Waals surface area contributed by atoms with Gasteiger partial charge in [0.1, 0.15) is 6.10 Å². The molecule has 0 spiro atoms. The molecule has 0 heterocycles. The predicted molar refractivity (Wildman–Crippen MR) is 166 cm³/mol. The molecule has 1 unspecified atom stereocenters. The van der Waals surface area contributed by atoms with Crippen LogP contribution in [0, 0.1) is 11.8 Å². The van der Waals surface area contributed by atoms with E-state index >= 15 is 0 Å². The van der Waals surface area contributed by atoms with E-state index < -0.39 is 6.16 Å². The summed E-state index contributed by atoms with van der Waals surface area (Å²) in [7, 11) is 2.01. The van der Waals surface area contributed by atoms with Gasteiger partial charge < -0.3 is 19.1 Å².